The average Bonchev–Trinajstić information content (AvgIpc) is 2.25. The first-order valence-electron chi connectivity index (χ1n) is 5.71. The summed E-state index contributed by atoms with van der Waals surface area (Å²) in [6, 6.07) is 0.196. The molecular weight excluding hydrogens is 206 g/mol. The Hall–Kier alpha value is -0.610. The maximum absolute atomic E-state index is 11.6. The highest BCUT2D eigenvalue weighted by Gasteiger charge is 2.58. The Morgan fingerprint density at radius 1 is 1.38 bits per heavy atom. The Labute approximate surface area is 97.7 Å². The fraction of sp³-hybridized carbons (Fsp3) is 0.917. The molecule has 1 aliphatic carbocycles. The van der Waals surface area contributed by atoms with E-state index in [2.05, 4.69) is 26.1 Å². The topological polar surface area (TPSA) is 47.6 Å². The SMILES string of the molecule is COCCC(=O)N[C@@H]1C[C@](C)(OC)C1(C)C. The molecule has 1 rings (SSSR count). The van der Waals surface area contributed by atoms with Gasteiger partial charge in [-0.05, 0) is 13.3 Å². The van der Waals surface area contributed by atoms with Gasteiger partial charge in [0.05, 0.1) is 12.2 Å². The lowest BCUT2D eigenvalue weighted by molar-refractivity contribution is -0.182. The second kappa shape index (κ2) is 4.72. The molecule has 4 heteroatoms. The van der Waals surface area contributed by atoms with Crippen LogP contribution in [0.2, 0.25) is 0 Å². The van der Waals surface area contributed by atoms with E-state index in [4.69, 9.17) is 9.47 Å². The van der Waals surface area contributed by atoms with Crippen molar-refractivity contribution in [3.63, 3.8) is 0 Å². The first-order chi connectivity index (χ1) is 7.37. The molecule has 1 amide bonds. The van der Waals surface area contributed by atoms with Crippen LogP contribution in [0.15, 0.2) is 0 Å². The molecule has 0 aromatic rings. The Balaban J connectivity index is 2.45. The molecular formula is C12H23NO3. The molecule has 1 saturated carbocycles. The van der Waals surface area contributed by atoms with Crippen LogP contribution in [0.1, 0.15) is 33.6 Å². The number of ether oxygens (including phenoxy) is 2. The van der Waals surface area contributed by atoms with Crippen LogP contribution in [0.3, 0.4) is 0 Å². The average molecular weight is 229 g/mol. The van der Waals surface area contributed by atoms with Gasteiger partial charge in [-0.3, -0.25) is 4.79 Å². The third kappa shape index (κ3) is 2.23. The molecule has 0 aromatic carbocycles. The van der Waals surface area contributed by atoms with Gasteiger partial charge in [-0.25, -0.2) is 0 Å². The van der Waals surface area contributed by atoms with Gasteiger partial charge in [-0.2, -0.15) is 0 Å². The minimum Gasteiger partial charge on any atom is -0.384 e. The summed E-state index contributed by atoms with van der Waals surface area (Å²) in [6.45, 7) is 6.81. The lowest BCUT2D eigenvalue weighted by atomic mass is 9.56. The smallest absolute Gasteiger partial charge is 0.222 e. The largest absolute Gasteiger partial charge is 0.384 e. The predicted molar refractivity (Wildman–Crippen MR) is 62.2 cm³/mol. The van der Waals surface area contributed by atoms with Crippen molar-refractivity contribution in [2.24, 2.45) is 5.41 Å². The van der Waals surface area contributed by atoms with E-state index >= 15 is 0 Å². The number of hydrogen-bond donors (Lipinski definition) is 1. The Kier molecular flexibility index (Phi) is 3.97. The van der Waals surface area contributed by atoms with E-state index in [0.717, 1.165) is 6.42 Å². The predicted octanol–water partition coefficient (Wildman–Crippen LogP) is 1.34. The van der Waals surface area contributed by atoms with Crippen LogP contribution in [0, 0.1) is 5.41 Å². The van der Waals surface area contributed by atoms with Crippen LogP contribution in [0.4, 0.5) is 0 Å². The van der Waals surface area contributed by atoms with Gasteiger partial charge in [0.2, 0.25) is 5.91 Å². The minimum absolute atomic E-state index is 0.0233. The molecule has 4 nitrogen and oxygen atoms in total. The maximum atomic E-state index is 11.6. The molecule has 0 bridgehead atoms. The van der Waals surface area contributed by atoms with Crippen LogP contribution >= 0.6 is 0 Å². The molecule has 16 heavy (non-hydrogen) atoms. The number of carbonyl (C=O) groups is 1. The summed E-state index contributed by atoms with van der Waals surface area (Å²) in [5.74, 6) is 0.0538. The number of methoxy groups -OCH3 is 2. The van der Waals surface area contributed by atoms with Crippen LogP contribution in [0.25, 0.3) is 0 Å². The molecule has 94 valence electrons. The van der Waals surface area contributed by atoms with Crippen molar-refractivity contribution in [3.05, 3.63) is 0 Å². The van der Waals surface area contributed by atoms with Gasteiger partial charge in [0.15, 0.2) is 0 Å². The first-order valence-corrected chi connectivity index (χ1v) is 5.71. The van der Waals surface area contributed by atoms with Gasteiger partial charge in [0.25, 0.3) is 0 Å². The van der Waals surface area contributed by atoms with Crippen molar-refractivity contribution in [1.82, 2.24) is 5.32 Å². The molecule has 0 spiro atoms. The van der Waals surface area contributed by atoms with E-state index in [1.165, 1.54) is 0 Å². The van der Waals surface area contributed by atoms with Gasteiger partial charge in [0.1, 0.15) is 0 Å². The van der Waals surface area contributed by atoms with E-state index in [1.807, 2.05) is 0 Å². The molecule has 0 heterocycles. The Morgan fingerprint density at radius 2 is 2.00 bits per heavy atom. The fourth-order valence-electron chi connectivity index (χ4n) is 2.18. The monoisotopic (exact) mass is 229 g/mol. The van der Waals surface area contributed by atoms with Crippen LogP contribution in [0.5, 0.6) is 0 Å². The van der Waals surface area contributed by atoms with Crippen molar-refractivity contribution in [2.45, 2.75) is 45.3 Å². The van der Waals surface area contributed by atoms with Crippen LogP contribution in [-0.4, -0.2) is 38.4 Å². The number of hydrogen-bond acceptors (Lipinski definition) is 3. The zero-order chi connectivity index (χ0) is 12.4. The fourth-order valence-corrected chi connectivity index (χ4v) is 2.18. The van der Waals surface area contributed by atoms with Gasteiger partial charge >= 0.3 is 0 Å². The van der Waals surface area contributed by atoms with Crippen molar-refractivity contribution in [1.29, 1.82) is 0 Å². The van der Waals surface area contributed by atoms with Crippen LogP contribution < -0.4 is 5.32 Å². The summed E-state index contributed by atoms with van der Waals surface area (Å²) in [5, 5.41) is 3.03. The van der Waals surface area contributed by atoms with Crippen molar-refractivity contribution < 1.29 is 14.3 Å². The molecule has 0 aliphatic heterocycles. The number of nitrogens with one attached hydrogen (secondary N) is 1. The second-order valence-corrected chi connectivity index (χ2v) is 5.22. The number of carbonyl (C=O) groups excluding carboxylic acids is 1. The number of rotatable bonds is 5. The standard InChI is InChI=1S/C12H23NO3/c1-11(2)9(8-12(11,3)16-5)13-10(14)6-7-15-4/h9H,6-8H2,1-5H3,(H,13,14)/t9-,12+/m1/s1. The molecule has 0 saturated heterocycles. The van der Waals surface area contributed by atoms with Crippen LogP contribution in [-0.2, 0) is 14.3 Å². The third-order valence-electron chi connectivity index (χ3n) is 4.15. The van der Waals surface area contributed by atoms with E-state index in [1.54, 1.807) is 14.2 Å². The summed E-state index contributed by atoms with van der Waals surface area (Å²) in [4.78, 5) is 11.6. The lowest BCUT2D eigenvalue weighted by Crippen LogP contribution is -2.68. The highest BCUT2D eigenvalue weighted by atomic mass is 16.5. The molecule has 0 radical (unpaired) electrons. The molecule has 1 aliphatic rings. The van der Waals surface area contributed by atoms with E-state index in [0.29, 0.717) is 13.0 Å². The van der Waals surface area contributed by atoms with Gasteiger partial charge in [-0.15, -0.1) is 0 Å². The highest BCUT2D eigenvalue weighted by Crippen LogP contribution is 2.51. The minimum atomic E-state index is -0.133. The van der Waals surface area contributed by atoms with Gasteiger partial charge in [0, 0.05) is 32.1 Å². The molecule has 1 fully saturated rings. The van der Waals surface area contributed by atoms with E-state index in [-0.39, 0.29) is 23.0 Å². The molecule has 1 N–H and O–H groups in total. The zero-order valence-electron chi connectivity index (χ0n) is 10.9. The highest BCUT2D eigenvalue weighted by molar-refractivity contribution is 5.76. The van der Waals surface area contributed by atoms with E-state index in [9.17, 15) is 4.79 Å². The summed E-state index contributed by atoms with van der Waals surface area (Å²) in [7, 11) is 3.33. The first kappa shape index (κ1) is 13.5. The van der Waals surface area contributed by atoms with Gasteiger partial charge in [-0.1, -0.05) is 13.8 Å². The number of amides is 1. The summed E-state index contributed by atoms with van der Waals surface area (Å²) in [6.07, 6.45) is 1.29. The zero-order valence-corrected chi connectivity index (χ0v) is 10.9. The summed E-state index contributed by atoms with van der Waals surface area (Å²) < 4.78 is 10.4. The lowest BCUT2D eigenvalue weighted by Gasteiger charge is -2.59. The Bertz CT molecular complexity index is 265. The summed E-state index contributed by atoms with van der Waals surface area (Å²) >= 11 is 0. The molecule has 0 unspecified atom stereocenters. The normalized spacial score (nSPS) is 31.9. The molecule has 0 aromatic heterocycles. The van der Waals surface area contributed by atoms with Crippen molar-refractivity contribution in [3.8, 4) is 0 Å². The quantitative estimate of drug-likeness (QED) is 0.774. The van der Waals surface area contributed by atoms with Gasteiger partial charge < -0.3 is 14.8 Å². The second-order valence-electron chi connectivity index (χ2n) is 5.22. The van der Waals surface area contributed by atoms with Crippen molar-refractivity contribution >= 4 is 5.91 Å². The molecule has 2 atom stereocenters. The summed E-state index contributed by atoms with van der Waals surface area (Å²) in [5.41, 5.74) is -0.156. The van der Waals surface area contributed by atoms with Crippen molar-refractivity contribution in [2.75, 3.05) is 20.8 Å². The maximum Gasteiger partial charge on any atom is 0.222 e. The Morgan fingerprint density at radius 3 is 2.44 bits per heavy atom. The third-order valence-corrected chi connectivity index (χ3v) is 4.15. The van der Waals surface area contributed by atoms with E-state index < -0.39 is 0 Å².